The van der Waals surface area contributed by atoms with Crippen molar-refractivity contribution in [2.24, 2.45) is 0 Å². The van der Waals surface area contributed by atoms with Gasteiger partial charge in [-0.1, -0.05) is 62.3 Å². The predicted octanol–water partition coefficient (Wildman–Crippen LogP) is 6.01. The molecule has 0 bridgehead atoms. The largest absolute Gasteiger partial charge is 0.325 e. The lowest BCUT2D eigenvalue weighted by atomic mass is 9.86. The molecule has 0 saturated heterocycles. The molecular weight excluding hydrogens is 454 g/mol. The second-order valence-electron chi connectivity index (χ2n) is 8.49. The molecule has 0 aliphatic heterocycles. The van der Waals surface area contributed by atoms with Gasteiger partial charge in [0.2, 0.25) is 5.91 Å². The Labute approximate surface area is 202 Å². The number of rotatable bonds is 6. The summed E-state index contributed by atoms with van der Waals surface area (Å²) in [6, 6.07) is 19.1. The topological polar surface area (TPSA) is 72.7 Å². The molecule has 0 atom stereocenters. The molecule has 2 aromatic heterocycles. The van der Waals surface area contributed by atoms with E-state index < -0.39 is 0 Å². The van der Waals surface area contributed by atoms with Crippen molar-refractivity contribution in [3.63, 3.8) is 0 Å². The molecule has 2 heterocycles. The van der Waals surface area contributed by atoms with Crippen LogP contribution in [0.3, 0.4) is 0 Å². The highest BCUT2D eigenvalue weighted by atomic mass is 35.5. The van der Waals surface area contributed by atoms with Gasteiger partial charge in [-0.2, -0.15) is 0 Å². The lowest BCUT2D eigenvalue weighted by Crippen LogP contribution is -2.20. The summed E-state index contributed by atoms with van der Waals surface area (Å²) >= 11 is 7.41. The van der Waals surface area contributed by atoms with Crippen LogP contribution >= 0.6 is 23.4 Å². The maximum Gasteiger partial charge on any atom is 0.234 e. The van der Waals surface area contributed by atoms with Crippen LogP contribution in [-0.4, -0.2) is 31.4 Å². The first kappa shape index (κ1) is 23.0. The zero-order chi connectivity index (χ0) is 23.4. The number of hydrogen-bond donors (Lipinski definition) is 1. The van der Waals surface area contributed by atoms with Gasteiger partial charge >= 0.3 is 0 Å². The Hall–Kier alpha value is -3.16. The molecular formula is C25H24ClN5OS. The second kappa shape index (κ2) is 9.77. The van der Waals surface area contributed by atoms with E-state index in [1.54, 1.807) is 12.4 Å². The molecule has 0 unspecified atom stereocenters. The molecule has 4 aromatic rings. The van der Waals surface area contributed by atoms with Gasteiger partial charge in [0.05, 0.1) is 5.75 Å². The fraction of sp³-hybridized carbons (Fsp3) is 0.200. The molecule has 4 rings (SSSR count). The molecule has 33 heavy (non-hydrogen) atoms. The molecule has 0 radical (unpaired) electrons. The Morgan fingerprint density at radius 3 is 2.48 bits per heavy atom. The molecule has 0 saturated carbocycles. The number of nitrogens with zero attached hydrogens (tertiary/aromatic N) is 4. The standard InChI is InChI=1S/C25H24ClN5OS/c1-25(2,3)20-8-4-5-9-21(20)28-22(32)16-33-24-30-29-23(17-7-6-14-27-15-17)31(24)19-12-10-18(26)11-13-19/h4-15H,16H2,1-3H3,(H,28,32). The van der Waals surface area contributed by atoms with E-state index in [-0.39, 0.29) is 17.1 Å². The average molecular weight is 478 g/mol. The van der Waals surface area contributed by atoms with Crippen molar-refractivity contribution >= 4 is 35.0 Å². The fourth-order valence-corrected chi connectivity index (χ4v) is 4.31. The minimum absolute atomic E-state index is 0.0790. The summed E-state index contributed by atoms with van der Waals surface area (Å²) in [5, 5.41) is 13.0. The Kier molecular flexibility index (Phi) is 6.81. The fourth-order valence-electron chi connectivity index (χ4n) is 3.43. The van der Waals surface area contributed by atoms with Crippen LogP contribution in [0.5, 0.6) is 0 Å². The predicted molar refractivity (Wildman–Crippen MR) is 134 cm³/mol. The van der Waals surface area contributed by atoms with Crippen molar-refractivity contribution in [2.45, 2.75) is 31.3 Å². The normalized spacial score (nSPS) is 11.4. The minimum atomic E-state index is -0.106. The van der Waals surface area contributed by atoms with E-state index in [0.717, 1.165) is 22.5 Å². The first-order chi connectivity index (χ1) is 15.8. The van der Waals surface area contributed by atoms with Crippen molar-refractivity contribution in [2.75, 3.05) is 11.1 Å². The first-order valence-electron chi connectivity index (χ1n) is 10.5. The number of carbonyl (C=O) groups is 1. The van der Waals surface area contributed by atoms with E-state index in [4.69, 9.17) is 11.6 Å². The maximum absolute atomic E-state index is 12.8. The van der Waals surface area contributed by atoms with Crippen LogP contribution in [0, 0.1) is 0 Å². The Balaban J connectivity index is 1.58. The number of nitrogens with one attached hydrogen (secondary N) is 1. The summed E-state index contributed by atoms with van der Waals surface area (Å²) in [5.41, 5.74) is 3.52. The second-order valence-corrected chi connectivity index (χ2v) is 9.87. The zero-order valence-electron chi connectivity index (χ0n) is 18.6. The number of amides is 1. The van der Waals surface area contributed by atoms with Gasteiger partial charge in [0.15, 0.2) is 11.0 Å². The van der Waals surface area contributed by atoms with Crippen LogP contribution in [0.4, 0.5) is 5.69 Å². The number of halogens is 1. The third kappa shape index (κ3) is 5.43. The Bertz CT molecular complexity index is 1250. The summed E-state index contributed by atoms with van der Waals surface area (Å²) in [5.74, 6) is 0.730. The van der Waals surface area contributed by atoms with Gasteiger partial charge in [-0.25, -0.2) is 0 Å². The first-order valence-corrected chi connectivity index (χ1v) is 11.8. The monoisotopic (exact) mass is 477 g/mol. The van der Waals surface area contributed by atoms with Crippen LogP contribution < -0.4 is 5.32 Å². The van der Waals surface area contributed by atoms with E-state index in [9.17, 15) is 4.79 Å². The smallest absolute Gasteiger partial charge is 0.234 e. The third-order valence-electron chi connectivity index (χ3n) is 4.98. The number of anilines is 1. The molecule has 6 nitrogen and oxygen atoms in total. The summed E-state index contributed by atoms with van der Waals surface area (Å²) in [4.78, 5) is 17.0. The zero-order valence-corrected chi connectivity index (χ0v) is 20.2. The van der Waals surface area contributed by atoms with Crippen molar-refractivity contribution in [1.82, 2.24) is 19.7 Å². The highest BCUT2D eigenvalue weighted by Crippen LogP contribution is 2.31. The maximum atomic E-state index is 12.8. The summed E-state index contributed by atoms with van der Waals surface area (Å²) < 4.78 is 1.91. The third-order valence-corrected chi connectivity index (χ3v) is 6.16. The van der Waals surface area contributed by atoms with Crippen molar-refractivity contribution < 1.29 is 4.79 Å². The number of aromatic nitrogens is 4. The van der Waals surface area contributed by atoms with E-state index in [1.807, 2.05) is 65.2 Å². The molecule has 0 aliphatic carbocycles. The molecule has 168 valence electrons. The summed E-state index contributed by atoms with van der Waals surface area (Å²) in [6.45, 7) is 6.38. The van der Waals surface area contributed by atoms with Gasteiger partial charge in [-0.3, -0.25) is 14.3 Å². The van der Waals surface area contributed by atoms with Crippen molar-refractivity contribution in [3.05, 3.63) is 83.6 Å². The number of carbonyl (C=O) groups excluding carboxylic acids is 1. The van der Waals surface area contributed by atoms with E-state index >= 15 is 0 Å². The van der Waals surface area contributed by atoms with Crippen LogP contribution in [0.25, 0.3) is 17.1 Å². The van der Waals surface area contributed by atoms with Gasteiger partial charge in [0.25, 0.3) is 0 Å². The highest BCUT2D eigenvalue weighted by molar-refractivity contribution is 7.99. The van der Waals surface area contributed by atoms with Crippen molar-refractivity contribution in [1.29, 1.82) is 0 Å². The van der Waals surface area contributed by atoms with Crippen LogP contribution in [-0.2, 0) is 10.2 Å². The molecule has 1 N–H and O–H groups in total. The molecule has 1 amide bonds. The SMILES string of the molecule is CC(C)(C)c1ccccc1NC(=O)CSc1nnc(-c2cccnc2)n1-c1ccc(Cl)cc1. The van der Waals surface area contributed by atoms with E-state index in [1.165, 1.54) is 11.8 Å². The minimum Gasteiger partial charge on any atom is -0.325 e. The van der Waals surface area contributed by atoms with Crippen LogP contribution in [0.2, 0.25) is 5.02 Å². The molecule has 0 aliphatic rings. The van der Waals surface area contributed by atoms with Crippen molar-refractivity contribution in [3.8, 4) is 17.1 Å². The number of pyridine rings is 1. The van der Waals surface area contributed by atoms with Gasteiger partial charge in [0, 0.05) is 34.4 Å². The Morgan fingerprint density at radius 2 is 1.79 bits per heavy atom. The quantitative estimate of drug-likeness (QED) is 0.344. The highest BCUT2D eigenvalue weighted by Gasteiger charge is 2.20. The number of benzene rings is 2. The molecule has 0 spiro atoms. The molecule has 2 aromatic carbocycles. The lowest BCUT2D eigenvalue weighted by Gasteiger charge is -2.23. The molecule has 8 heteroatoms. The number of para-hydroxylation sites is 1. The number of thioether (sulfide) groups is 1. The van der Waals surface area contributed by atoms with Gasteiger partial charge in [-0.05, 0) is 53.4 Å². The summed E-state index contributed by atoms with van der Waals surface area (Å²) in [6.07, 6.45) is 3.45. The average Bonchev–Trinajstić information content (AvgIpc) is 3.22. The van der Waals surface area contributed by atoms with E-state index in [2.05, 4.69) is 41.3 Å². The van der Waals surface area contributed by atoms with Gasteiger partial charge in [-0.15, -0.1) is 10.2 Å². The van der Waals surface area contributed by atoms with Gasteiger partial charge < -0.3 is 5.32 Å². The summed E-state index contributed by atoms with van der Waals surface area (Å²) in [7, 11) is 0. The lowest BCUT2D eigenvalue weighted by molar-refractivity contribution is -0.113. The number of hydrogen-bond acceptors (Lipinski definition) is 5. The Morgan fingerprint density at radius 1 is 1.03 bits per heavy atom. The molecule has 0 fully saturated rings. The van der Waals surface area contributed by atoms with Crippen LogP contribution in [0.15, 0.2) is 78.2 Å². The van der Waals surface area contributed by atoms with Crippen LogP contribution in [0.1, 0.15) is 26.3 Å². The van der Waals surface area contributed by atoms with E-state index in [0.29, 0.717) is 16.0 Å². The van der Waals surface area contributed by atoms with Gasteiger partial charge in [0.1, 0.15) is 0 Å².